The number of aliphatic imine (C=N–C) groups is 1. The van der Waals surface area contributed by atoms with Crippen molar-refractivity contribution in [2.45, 2.75) is 25.7 Å². The predicted octanol–water partition coefficient (Wildman–Crippen LogP) is 3.78. The molecule has 1 aliphatic rings. The van der Waals surface area contributed by atoms with Crippen LogP contribution < -0.4 is 10.1 Å². The number of nitrogens with zero attached hydrogens (tertiary/aromatic N) is 2. The van der Waals surface area contributed by atoms with E-state index in [9.17, 15) is 0 Å². The molecule has 3 rings (SSSR count). The largest absolute Gasteiger partial charge is 0.494 e. The number of likely N-dealkylation sites (tertiary alicyclic amines) is 1. The average Bonchev–Trinajstić information content (AvgIpc) is 3.24. The van der Waals surface area contributed by atoms with Gasteiger partial charge in [-0.05, 0) is 48.9 Å². The summed E-state index contributed by atoms with van der Waals surface area (Å²) >= 11 is 0. The zero-order chi connectivity index (χ0) is 21.0. The van der Waals surface area contributed by atoms with Crippen LogP contribution in [0.15, 0.2) is 59.6 Å². The lowest BCUT2D eigenvalue weighted by molar-refractivity contribution is 0.157. The Labute approximate surface area is 181 Å². The Morgan fingerprint density at radius 1 is 1.10 bits per heavy atom. The highest BCUT2D eigenvalue weighted by atomic mass is 16.5. The first-order valence-electron chi connectivity index (χ1n) is 11.0. The number of methoxy groups -OCH3 is 1. The highest BCUT2D eigenvalue weighted by Crippen LogP contribution is 2.17. The summed E-state index contributed by atoms with van der Waals surface area (Å²) in [5.41, 5.74) is 2.64. The van der Waals surface area contributed by atoms with Crippen LogP contribution in [0.4, 0.5) is 0 Å². The second-order valence-electron chi connectivity index (χ2n) is 7.87. The first kappa shape index (κ1) is 22.2. The Hall–Kier alpha value is -2.53. The maximum Gasteiger partial charge on any atom is 0.193 e. The first-order valence-corrected chi connectivity index (χ1v) is 11.0. The molecule has 162 valence electrons. The van der Waals surface area contributed by atoms with Crippen LogP contribution in [0.3, 0.4) is 0 Å². The summed E-state index contributed by atoms with van der Waals surface area (Å²) in [6, 6.07) is 19.0. The van der Waals surface area contributed by atoms with Crippen molar-refractivity contribution in [1.29, 1.82) is 0 Å². The van der Waals surface area contributed by atoms with Gasteiger partial charge in [-0.2, -0.15) is 0 Å². The molecule has 1 aliphatic heterocycles. The third kappa shape index (κ3) is 7.06. The molecule has 0 aliphatic carbocycles. The van der Waals surface area contributed by atoms with Gasteiger partial charge in [0, 0.05) is 39.7 Å². The zero-order valence-electron chi connectivity index (χ0n) is 18.3. The molecule has 1 saturated heterocycles. The van der Waals surface area contributed by atoms with Gasteiger partial charge in [-0.25, -0.2) is 0 Å². The summed E-state index contributed by atoms with van der Waals surface area (Å²) in [7, 11) is 3.63. The second kappa shape index (κ2) is 12.2. The van der Waals surface area contributed by atoms with Gasteiger partial charge in [-0.15, -0.1) is 0 Å². The molecule has 30 heavy (non-hydrogen) atoms. The third-order valence-corrected chi connectivity index (χ3v) is 5.52. The highest BCUT2D eigenvalue weighted by Gasteiger charge is 2.24. The SMILES string of the molecule is CN=C(NCCc1cccc(OCCCc2ccccc2)c1)N1CCC(COC)C1. The van der Waals surface area contributed by atoms with Gasteiger partial charge < -0.3 is 19.7 Å². The van der Waals surface area contributed by atoms with Crippen molar-refractivity contribution >= 4 is 5.96 Å². The number of aryl methyl sites for hydroxylation is 1. The summed E-state index contributed by atoms with van der Waals surface area (Å²) in [6.45, 7) is 4.47. The predicted molar refractivity (Wildman–Crippen MR) is 123 cm³/mol. The Balaban J connectivity index is 1.38. The van der Waals surface area contributed by atoms with Gasteiger partial charge in [0.2, 0.25) is 0 Å². The van der Waals surface area contributed by atoms with Crippen molar-refractivity contribution in [3.05, 3.63) is 65.7 Å². The molecule has 0 amide bonds. The molecule has 1 atom stereocenters. The minimum Gasteiger partial charge on any atom is -0.494 e. The van der Waals surface area contributed by atoms with Gasteiger partial charge in [0.1, 0.15) is 5.75 Å². The number of nitrogens with one attached hydrogen (secondary N) is 1. The van der Waals surface area contributed by atoms with Crippen LogP contribution in [0.25, 0.3) is 0 Å². The molecule has 2 aromatic carbocycles. The van der Waals surface area contributed by atoms with Crippen LogP contribution >= 0.6 is 0 Å². The standard InChI is InChI=1S/C25H35N3O2/c1-26-25(28-16-14-23(19-28)20-29-2)27-15-13-22-10-6-12-24(18-22)30-17-7-11-21-8-4-3-5-9-21/h3-6,8-10,12,18,23H,7,11,13-17,19-20H2,1-2H3,(H,26,27). The first-order chi connectivity index (χ1) is 14.8. The third-order valence-electron chi connectivity index (χ3n) is 5.52. The van der Waals surface area contributed by atoms with Crippen molar-refractivity contribution in [3.8, 4) is 5.75 Å². The van der Waals surface area contributed by atoms with E-state index in [0.717, 1.165) is 70.2 Å². The molecule has 5 heteroatoms. The molecule has 1 N–H and O–H groups in total. The number of ether oxygens (including phenoxy) is 2. The lowest BCUT2D eigenvalue weighted by Crippen LogP contribution is -2.41. The number of benzene rings is 2. The maximum atomic E-state index is 5.97. The molecule has 0 bridgehead atoms. The molecule has 1 unspecified atom stereocenters. The fourth-order valence-electron chi connectivity index (χ4n) is 3.95. The van der Waals surface area contributed by atoms with Gasteiger partial charge in [-0.3, -0.25) is 4.99 Å². The number of hydrogen-bond acceptors (Lipinski definition) is 3. The van der Waals surface area contributed by atoms with Gasteiger partial charge >= 0.3 is 0 Å². The van der Waals surface area contributed by atoms with Crippen LogP contribution in [-0.2, 0) is 17.6 Å². The molecular formula is C25H35N3O2. The van der Waals surface area contributed by atoms with Crippen LogP contribution in [0.1, 0.15) is 24.0 Å². The molecule has 5 nitrogen and oxygen atoms in total. The Morgan fingerprint density at radius 2 is 1.93 bits per heavy atom. The van der Waals surface area contributed by atoms with E-state index in [4.69, 9.17) is 9.47 Å². The van der Waals surface area contributed by atoms with E-state index in [0.29, 0.717) is 5.92 Å². The van der Waals surface area contributed by atoms with E-state index in [1.165, 1.54) is 11.1 Å². The quantitative estimate of drug-likeness (QED) is 0.368. The lowest BCUT2D eigenvalue weighted by atomic mass is 10.1. The van der Waals surface area contributed by atoms with Crippen molar-refractivity contribution in [1.82, 2.24) is 10.2 Å². The Bertz CT molecular complexity index is 779. The fourth-order valence-corrected chi connectivity index (χ4v) is 3.95. The van der Waals surface area contributed by atoms with Crippen molar-refractivity contribution in [3.63, 3.8) is 0 Å². The summed E-state index contributed by atoms with van der Waals surface area (Å²) < 4.78 is 11.3. The summed E-state index contributed by atoms with van der Waals surface area (Å²) in [4.78, 5) is 6.78. The van der Waals surface area contributed by atoms with Crippen LogP contribution in [0.5, 0.6) is 5.75 Å². The molecule has 1 heterocycles. The minimum absolute atomic E-state index is 0.601. The summed E-state index contributed by atoms with van der Waals surface area (Å²) in [5, 5.41) is 3.51. The fraction of sp³-hybridized carbons (Fsp3) is 0.480. The molecule has 0 radical (unpaired) electrons. The number of rotatable bonds is 10. The van der Waals surface area contributed by atoms with E-state index in [-0.39, 0.29) is 0 Å². The van der Waals surface area contributed by atoms with Gasteiger partial charge in [0.25, 0.3) is 0 Å². The van der Waals surface area contributed by atoms with Gasteiger partial charge in [0.05, 0.1) is 13.2 Å². The average molecular weight is 410 g/mol. The number of guanidine groups is 1. The zero-order valence-corrected chi connectivity index (χ0v) is 18.3. The van der Waals surface area contributed by atoms with E-state index in [1.807, 2.05) is 13.1 Å². The van der Waals surface area contributed by atoms with Gasteiger partial charge in [0.15, 0.2) is 5.96 Å². The molecule has 0 aromatic heterocycles. The van der Waals surface area contributed by atoms with Crippen molar-refractivity contribution in [2.75, 3.05) is 47.0 Å². The van der Waals surface area contributed by atoms with Crippen LogP contribution in [-0.4, -0.2) is 57.9 Å². The smallest absolute Gasteiger partial charge is 0.193 e. The van der Waals surface area contributed by atoms with Crippen molar-refractivity contribution in [2.24, 2.45) is 10.9 Å². The molecule has 1 fully saturated rings. The topological polar surface area (TPSA) is 46.1 Å². The van der Waals surface area contributed by atoms with E-state index < -0.39 is 0 Å². The molecule has 2 aromatic rings. The minimum atomic E-state index is 0.601. The molecule has 0 spiro atoms. The van der Waals surface area contributed by atoms with E-state index in [1.54, 1.807) is 7.11 Å². The molecular weight excluding hydrogens is 374 g/mol. The molecule has 0 saturated carbocycles. The second-order valence-corrected chi connectivity index (χ2v) is 7.87. The monoisotopic (exact) mass is 409 g/mol. The van der Waals surface area contributed by atoms with Crippen LogP contribution in [0, 0.1) is 5.92 Å². The maximum absolute atomic E-state index is 5.97. The van der Waals surface area contributed by atoms with E-state index >= 15 is 0 Å². The number of hydrogen-bond donors (Lipinski definition) is 1. The Morgan fingerprint density at radius 3 is 2.73 bits per heavy atom. The summed E-state index contributed by atoms with van der Waals surface area (Å²) in [5.74, 6) is 2.54. The van der Waals surface area contributed by atoms with Crippen molar-refractivity contribution < 1.29 is 9.47 Å². The Kier molecular flexibility index (Phi) is 9.04. The normalized spacial score (nSPS) is 16.7. The van der Waals surface area contributed by atoms with Gasteiger partial charge in [-0.1, -0.05) is 42.5 Å². The summed E-state index contributed by atoms with van der Waals surface area (Å²) in [6.07, 6.45) is 4.17. The van der Waals surface area contributed by atoms with E-state index in [2.05, 4.69) is 63.7 Å². The van der Waals surface area contributed by atoms with Crippen LogP contribution in [0.2, 0.25) is 0 Å². The highest BCUT2D eigenvalue weighted by molar-refractivity contribution is 5.80. The lowest BCUT2D eigenvalue weighted by Gasteiger charge is -2.21.